The number of nitrogens with zero attached hydrogens (tertiary/aromatic N) is 2. The highest BCUT2D eigenvalue weighted by atomic mass is 35.5. The van der Waals surface area contributed by atoms with E-state index in [-0.39, 0.29) is 17.4 Å². The van der Waals surface area contributed by atoms with Crippen molar-refractivity contribution in [2.24, 2.45) is 0 Å². The number of para-hydroxylation sites is 1. The summed E-state index contributed by atoms with van der Waals surface area (Å²) < 4.78 is 29.8. The molecular weight excluding hydrogens is 471 g/mol. The Morgan fingerprint density at radius 2 is 1.97 bits per heavy atom. The van der Waals surface area contributed by atoms with Crippen LogP contribution < -0.4 is 14.4 Å². The van der Waals surface area contributed by atoms with Crippen molar-refractivity contribution in [3.63, 3.8) is 0 Å². The van der Waals surface area contributed by atoms with E-state index in [1.807, 2.05) is 0 Å². The molecule has 0 radical (unpaired) electrons. The Bertz CT molecular complexity index is 1200. The first kappa shape index (κ1) is 24.2. The zero-order valence-corrected chi connectivity index (χ0v) is 19.6. The van der Waals surface area contributed by atoms with E-state index < -0.39 is 17.7 Å². The molecule has 1 heterocycles. The van der Waals surface area contributed by atoms with Crippen LogP contribution in [0.1, 0.15) is 18.2 Å². The van der Waals surface area contributed by atoms with Gasteiger partial charge in [-0.1, -0.05) is 23.7 Å². The average molecular weight is 491 g/mol. The first-order chi connectivity index (χ1) is 15.8. The molecule has 0 unspecified atom stereocenters. The van der Waals surface area contributed by atoms with Crippen LogP contribution in [0.4, 0.5) is 15.2 Å². The van der Waals surface area contributed by atoms with E-state index in [2.05, 4.69) is 4.98 Å². The van der Waals surface area contributed by atoms with Gasteiger partial charge in [0, 0.05) is 18.4 Å². The monoisotopic (exact) mass is 490 g/mol. The predicted molar refractivity (Wildman–Crippen MR) is 125 cm³/mol. The summed E-state index contributed by atoms with van der Waals surface area (Å²) in [6, 6.07) is 9.21. The molecule has 0 fully saturated rings. The molecule has 0 aliphatic rings. The molecule has 0 saturated carbocycles. The second kappa shape index (κ2) is 10.9. The molecule has 0 saturated heterocycles. The maximum absolute atomic E-state index is 14.2. The van der Waals surface area contributed by atoms with Crippen LogP contribution in [0.25, 0.3) is 6.08 Å². The number of carbonyl (C=O) groups excluding carboxylic acids is 2. The van der Waals surface area contributed by atoms with Gasteiger partial charge in [0.2, 0.25) is 5.91 Å². The first-order valence-electron chi connectivity index (χ1n) is 9.60. The van der Waals surface area contributed by atoms with Crippen LogP contribution in [0.15, 0.2) is 47.9 Å². The minimum atomic E-state index is -0.604. The molecule has 3 aromatic rings. The summed E-state index contributed by atoms with van der Waals surface area (Å²) in [7, 11) is 2.96. The predicted octanol–water partition coefficient (Wildman–Crippen LogP) is 5.39. The molecule has 2 aromatic carbocycles. The van der Waals surface area contributed by atoms with Gasteiger partial charge in [0.05, 0.1) is 30.6 Å². The molecule has 0 atom stereocenters. The standard InChI is InChI=1S/C23H20ClFN2O5S/c1-14(28)27(19-7-5-4-6-18(19)25)23-26-16(13-33-23)12-32-21(29)9-8-15-10-17(24)22(31-3)20(11-15)30-2/h4-11,13H,12H2,1-3H3/b9-8+. The fourth-order valence-corrected chi connectivity index (χ4v) is 4.06. The van der Waals surface area contributed by atoms with E-state index in [0.717, 1.165) is 11.3 Å². The zero-order valence-electron chi connectivity index (χ0n) is 18.0. The third-order valence-electron chi connectivity index (χ3n) is 4.37. The third kappa shape index (κ3) is 5.88. The lowest BCUT2D eigenvalue weighted by atomic mass is 10.2. The van der Waals surface area contributed by atoms with Crippen molar-refractivity contribution in [3.05, 3.63) is 70.0 Å². The normalized spacial score (nSPS) is 10.8. The molecule has 10 heteroatoms. The Morgan fingerprint density at radius 3 is 2.64 bits per heavy atom. The fourth-order valence-electron chi connectivity index (χ4n) is 2.90. The van der Waals surface area contributed by atoms with Gasteiger partial charge in [0.15, 0.2) is 16.6 Å². The first-order valence-corrected chi connectivity index (χ1v) is 10.9. The van der Waals surface area contributed by atoms with Gasteiger partial charge in [-0.05, 0) is 35.9 Å². The van der Waals surface area contributed by atoms with Gasteiger partial charge in [-0.2, -0.15) is 0 Å². The molecule has 7 nitrogen and oxygen atoms in total. The van der Waals surface area contributed by atoms with Gasteiger partial charge in [0.1, 0.15) is 12.4 Å². The molecule has 0 spiro atoms. The Morgan fingerprint density at radius 1 is 1.21 bits per heavy atom. The summed E-state index contributed by atoms with van der Waals surface area (Å²) in [6.07, 6.45) is 2.77. The second-order valence-corrected chi connectivity index (χ2v) is 7.85. The smallest absolute Gasteiger partial charge is 0.331 e. The van der Waals surface area contributed by atoms with Crippen molar-refractivity contribution in [2.45, 2.75) is 13.5 Å². The van der Waals surface area contributed by atoms with Gasteiger partial charge in [-0.15, -0.1) is 11.3 Å². The number of ether oxygens (including phenoxy) is 3. The van der Waals surface area contributed by atoms with Crippen LogP contribution in [-0.2, 0) is 20.9 Å². The summed E-state index contributed by atoms with van der Waals surface area (Å²) in [5, 5.41) is 2.25. The molecule has 172 valence electrons. The number of carbonyl (C=O) groups is 2. The SMILES string of the molecule is COc1cc(/C=C/C(=O)OCc2csc(N(C(C)=O)c3ccccc3F)n2)cc(Cl)c1OC. The largest absolute Gasteiger partial charge is 0.493 e. The van der Waals surface area contributed by atoms with Crippen LogP contribution >= 0.6 is 22.9 Å². The van der Waals surface area contributed by atoms with Gasteiger partial charge in [-0.3, -0.25) is 9.69 Å². The molecule has 0 bridgehead atoms. The van der Waals surface area contributed by atoms with Crippen molar-refractivity contribution in [3.8, 4) is 11.5 Å². The zero-order chi connectivity index (χ0) is 24.0. The van der Waals surface area contributed by atoms with E-state index in [4.69, 9.17) is 25.8 Å². The summed E-state index contributed by atoms with van der Waals surface area (Å²) in [5.74, 6) is -0.718. The van der Waals surface area contributed by atoms with Crippen molar-refractivity contribution in [1.82, 2.24) is 4.98 Å². The summed E-state index contributed by atoms with van der Waals surface area (Å²) >= 11 is 7.30. The Labute approximate surface area is 199 Å². The quantitative estimate of drug-likeness (QED) is 0.311. The van der Waals surface area contributed by atoms with Gasteiger partial charge in [0.25, 0.3) is 0 Å². The highest BCUT2D eigenvalue weighted by molar-refractivity contribution is 7.14. The van der Waals surface area contributed by atoms with Crippen LogP contribution in [0.5, 0.6) is 11.5 Å². The van der Waals surface area contributed by atoms with E-state index in [1.54, 1.807) is 23.6 Å². The number of aromatic nitrogens is 1. The Hall–Kier alpha value is -3.43. The number of amides is 1. The number of halogens is 2. The molecule has 33 heavy (non-hydrogen) atoms. The number of rotatable bonds is 8. The lowest BCUT2D eigenvalue weighted by molar-refractivity contribution is -0.139. The van der Waals surface area contributed by atoms with Crippen molar-refractivity contribution >= 4 is 51.7 Å². The number of esters is 1. The minimum Gasteiger partial charge on any atom is -0.493 e. The summed E-state index contributed by atoms with van der Waals surface area (Å²) in [6.45, 7) is 1.20. The molecule has 0 aliphatic heterocycles. The van der Waals surface area contributed by atoms with Crippen molar-refractivity contribution in [2.75, 3.05) is 19.1 Å². The molecular formula is C23H20ClFN2O5S. The molecule has 0 aliphatic carbocycles. The lowest BCUT2D eigenvalue weighted by Crippen LogP contribution is -2.23. The topological polar surface area (TPSA) is 78.0 Å². The van der Waals surface area contributed by atoms with E-state index in [1.165, 1.54) is 56.4 Å². The molecule has 1 aromatic heterocycles. The third-order valence-corrected chi connectivity index (χ3v) is 5.52. The summed E-state index contributed by atoms with van der Waals surface area (Å²) in [4.78, 5) is 29.7. The molecule has 3 rings (SSSR count). The van der Waals surface area contributed by atoms with Crippen molar-refractivity contribution < 1.29 is 28.2 Å². The Balaban J connectivity index is 1.67. The minimum absolute atomic E-state index is 0.0967. The highest BCUT2D eigenvalue weighted by Crippen LogP contribution is 2.36. The number of benzene rings is 2. The van der Waals surface area contributed by atoms with Crippen molar-refractivity contribution in [1.29, 1.82) is 0 Å². The van der Waals surface area contributed by atoms with E-state index >= 15 is 0 Å². The maximum Gasteiger partial charge on any atom is 0.331 e. The highest BCUT2D eigenvalue weighted by Gasteiger charge is 2.21. The Kier molecular flexibility index (Phi) is 8.02. The van der Waals surface area contributed by atoms with E-state index in [0.29, 0.717) is 27.8 Å². The maximum atomic E-state index is 14.2. The molecule has 0 N–H and O–H groups in total. The van der Waals surface area contributed by atoms with Gasteiger partial charge in [-0.25, -0.2) is 14.2 Å². The average Bonchev–Trinajstić information content (AvgIpc) is 3.25. The number of methoxy groups -OCH3 is 2. The number of hydrogen-bond donors (Lipinski definition) is 0. The molecule has 1 amide bonds. The fraction of sp³-hybridized carbons (Fsp3) is 0.174. The number of thiazole rings is 1. The number of anilines is 2. The van der Waals surface area contributed by atoms with Gasteiger partial charge < -0.3 is 14.2 Å². The van der Waals surface area contributed by atoms with Gasteiger partial charge >= 0.3 is 5.97 Å². The van der Waals surface area contributed by atoms with E-state index in [9.17, 15) is 14.0 Å². The van der Waals surface area contributed by atoms with Crippen LogP contribution in [0.2, 0.25) is 5.02 Å². The summed E-state index contributed by atoms with van der Waals surface area (Å²) in [5.41, 5.74) is 1.14. The van der Waals surface area contributed by atoms with Crippen LogP contribution in [0, 0.1) is 5.82 Å². The van der Waals surface area contributed by atoms with Crippen LogP contribution in [0.3, 0.4) is 0 Å². The second-order valence-electron chi connectivity index (χ2n) is 6.61. The van der Waals surface area contributed by atoms with Crippen LogP contribution in [-0.4, -0.2) is 31.1 Å². The lowest BCUT2D eigenvalue weighted by Gasteiger charge is -2.18. The number of hydrogen-bond acceptors (Lipinski definition) is 7.